The Labute approximate surface area is 119 Å². The van der Waals surface area contributed by atoms with Gasteiger partial charge in [0.05, 0.1) is 13.2 Å². The normalized spacial score (nSPS) is 11.8. The van der Waals surface area contributed by atoms with Gasteiger partial charge < -0.3 is 10.1 Å². The van der Waals surface area contributed by atoms with Crippen molar-refractivity contribution in [3.8, 4) is 0 Å². The van der Waals surface area contributed by atoms with Gasteiger partial charge in [0, 0.05) is 16.4 Å². The average Bonchev–Trinajstić information content (AvgIpc) is 2.32. The van der Waals surface area contributed by atoms with E-state index in [2.05, 4.69) is 54.2 Å². The first-order valence-electron chi connectivity index (χ1n) is 6.56. The van der Waals surface area contributed by atoms with Crippen molar-refractivity contribution in [3.63, 3.8) is 0 Å². The summed E-state index contributed by atoms with van der Waals surface area (Å²) in [6.07, 6.45) is 1.18. The van der Waals surface area contributed by atoms with Gasteiger partial charge in [-0.1, -0.05) is 48.8 Å². The van der Waals surface area contributed by atoms with E-state index in [0.717, 1.165) is 24.2 Å². The Kier molecular flexibility index (Phi) is 6.90. The smallest absolute Gasteiger partial charge is 0.0717 e. The maximum Gasteiger partial charge on any atom is 0.0717 e. The minimum absolute atomic E-state index is 0.185. The largest absolute Gasteiger partial charge is 0.376 e. The van der Waals surface area contributed by atoms with Crippen LogP contribution in [0.4, 0.5) is 0 Å². The van der Waals surface area contributed by atoms with Gasteiger partial charge in [0.25, 0.3) is 0 Å². The second-order valence-corrected chi connectivity index (χ2v) is 6.38. The molecule has 0 heterocycles. The summed E-state index contributed by atoms with van der Waals surface area (Å²) in [7, 11) is 0. The molecule has 0 spiro atoms. The molecule has 1 aromatic carbocycles. The van der Waals surface area contributed by atoms with Crippen LogP contribution in [0.5, 0.6) is 0 Å². The lowest BCUT2D eigenvalue weighted by molar-refractivity contribution is 0.0513. The summed E-state index contributed by atoms with van der Waals surface area (Å²) in [6, 6.07) is 8.28. The molecule has 0 aliphatic carbocycles. The van der Waals surface area contributed by atoms with Crippen molar-refractivity contribution in [2.45, 2.75) is 33.8 Å². The molecule has 0 unspecified atom stereocenters. The van der Waals surface area contributed by atoms with Gasteiger partial charge >= 0.3 is 0 Å². The predicted octanol–water partition coefficient (Wildman–Crippen LogP) is 3.99. The van der Waals surface area contributed by atoms with E-state index in [9.17, 15) is 0 Å². The van der Waals surface area contributed by atoms with Crippen LogP contribution in [0.3, 0.4) is 0 Å². The van der Waals surface area contributed by atoms with Crippen LogP contribution in [0.1, 0.15) is 32.8 Å². The fraction of sp³-hybridized carbons (Fsp3) is 0.600. The highest BCUT2D eigenvalue weighted by molar-refractivity contribution is 9.10. The lowest BCUT2D eigenvalue weighted by atomic mass is 9.95. The van der Waals surface area contributed by atoms with E-state index >= 15 is 0 Å². The minimum Gasteiger partial charge on any atom is -0.376 e. The third-order valence-corrected chi connectivity index (χ3v) is 3.23. The number of halogens is 1. The molecule has 0 radical (unpaired) electrons. The van der Waals surface area contributed by atoms with Gasteiger partial charge in [0.15, 0.2) is 0 Å². The zero-order valence-electron chi connectivity index (χ0n) is 11.6. The lowest BCUT2D eigenvalue weighted by Crippen LogP contribution is -2.33. The molecule has 0 fully saturated rings. The topological polar surface area (TPSA) is 21.3 Å². The summed E-state index contributed by atoms with van der Waals surface area (Å²) < 4.78 is 6.91. The molecule has 0 aromatic heterocycles. The average molecular weight is 314 g/mol. The van der Waals surface area contributed by atoms with Crippen LogP contribution in [-0.2, 0) is 11.3 Å². The maximum absolute atomic E-state index is 5.80. The fourth-order valence-electron chi connectivity index (χ4n) is 1.68. The van der Waals surface area contributed by atoms with Crippen LogP contribution in [0, 0.1) is 5.41 Å². The van der Waals surface area contributed by atoms with Crippen molar-refractivity contribution < 1.29 is 4.74 Å². The number of benzene rings is 1. The third-order valence-electron chi connectivity index (χ3n) is 2.71. The molecule has 102 valence electrons. The first-order chi connectivity index (χ1) is 8.53. The monoisotopic (exact) mass is 313 g/mol. The molecule has 0 atom stereocenters. The van der Waals surface area contributed by atoms with Crippen molar-refractivity contribution >= 4 is 15.9 Å². The van der Waals surface area contributed by atoms with Gasteiger partial charge in [0.1, 0.15) is 0 Å². The Morgan fingerprint density at radius 2 is 1.89 bits per heavy atom. The number of hydrogen-bond donors (Lipinski definition) is 1. The first-order valence-corrected chi connectivity index (χ1v) is 7.36. The van der Waals surface area contributed by atoms with E-state index in [1.165, 1.54) is 12.0 Å². The summed E-state index contributed by atoms with van der Waals surface area (Å²) in [6.45, 7) is 10.2. The molecule has 18 heavy (non-hydrogen) atoms. The van der Waals surface area contributed by atoms with E-state index in [0.29, 0.717) is 6.61 Å². The number of nitrogens with one attached hydrogen (secondary N) is 1. The van der Waals surface area contributed by atoms with Crippen LogP contribution in [0.25, 0.3) is 0 Å². The predicted molar refractivity (Wildman–Crippen MR) is 80.7 cm³/mol. The maximum atomic E-state index is 5.80. The summed E-state index contributed by atoms with van der Waals surface area (Å²) >= 11 is 3.43. The molecule has 1 aromatic rings. The summed E-state index contributed by atoms with van der Waals surface area (Å²) in [4.78, 5) is 0. The van der Waals surface area contributed by atoms with E-state index in [1.54, 1.807) is 0 Å². The first kappa shape index (κ1) is 15.7. The number of ether oxygens (including phenoxy) is 1. The van der Waals surface area contributed by atoms with E-state index in [4.69, 9.17) is 4.74 Å². The summed E-state index contributed by atoms with van der Waals surface area (Å²) in [5, 5.41) is 3.45. The number of rotatable bonds is 8. The Morgan fingerprint density at radius 1 is 1.22 bits per heavy atom. The Morgan fingerprint density at radius 3 is 2.50 bits per heavy atom. The van der Waals surface area contributed by atoms with Crippen molar-refractivity contribution in [2.75, 3.05) is 19.7 Å². The molecule has 3 heteroatoms. The molecule has 0 saturated heterocycles. The second kappa shape index (κ2) is 7.93. The van der Waals surface area contributed by atoms with Crippen LogP contribution in [0.2, 0.25) is 0 Å². The highest BCUT2D eigenvalue weighted by atomic mass is 79.9. The lowest BCUT2D eigenvalue weighted by Gasteiger charge is -2.24. The van der Waals surface area contributed by atoms with Crippen molar-refractivity contribution in [1.82, 2.24) is 5.32 Å². The summed E-state index contributed by atoms with van der Waals surface area (Å²) in [5.74, 6) is 0. The number of hydrogen-bond acceptors (Lipinski definition) is 2. The van der Waals surface area contributed by atoms with Gasteiger partial charge in [-0.2, -0.15) is 0 Å². The molecular formula is C15H24BrNO. The third kappa shape index (κ3) is 6.53. The van der Waals surface area contributed by atoms with E-state index in [-0.39, 0.29) is 5.41 Å². The standard InChI is InChI=1S/C15H24BrNO/c1-4-9-17-11-15(2,3)12-18-10-13-5-7-14(16)8-6-13/h5-8,17H,4,9-12H2,1-3H3. The molecule has 1 rings (SSSR count). The van der Waals surface area contributed by atoms with E-state index < -0.39 is 0 Å². The molecule has 0 aliphatic rings. The van der Waals surface area contributed by atoms with Crippen LogP contribution >= 0.6 is 15.9 Å². The molecule has 1 N–H and O–H groups in total. The molecule has 0 saturated carbocycles. The van der Waals surface area contributed by atoms with Gasteiger partial charge in [-0.3, -0.25) is 0 Å². The SMILES string of the molecule is CCCNCC(C)(C)COCc1ccc(Br)cc1. The van der Waals surface area contributed by atoms with Crippen LogP contribution in [-0.4, -0.2) is 19.7 Å². The molecule has 0 bridgehead atoms. The zero-order chi connectivity index (χ0) is 13.4. The van der Waals surface area contributed by atoms with Crippen LogP contribution < -0.4 is 5.32 Å². The van der Waals surface area contributed by atoms with E-state index in [1.807, 2.05) is 12.1 Å². The highest BCUT2D eigenvalue weighted by Crippen LogP contribution is 2.16. The van der Waals surface area contributed by atoms with Crippen molar-refractivity contribution in [3.05, 3.63) is 34.3 Å². The van der Waals surface area contributed by atoms with Gasteiger partial charge in [-0.05, 0) is 30.7 Å². The Balaban J connectivity index is 2.25. The van der Waals surface area contributed by atoms with Crippen molar-refractivity contribution in [1.29, 1.82) is 0 Å². The van der Waals surface area contributed by atoms with Gasteiger partial charge in [0.2, 0.25) is 0 Å². The van der Waals surface area contributed by atoms with Gasteiger partial charge in [-0.15, -0.1) is 0 Å². The summed E-state index contributed by atoms with van der Waals surface area (Å²) in [5.41, 5.74) is 1.40. The molecular weight excluding hydrogens is 290 g/mol. The molecule has 0 aliphatic heterocycles. The fourth-order valence-corrected chi connectivity index (χ4v) is 1.94. The minimum atomic E-state index is 0.185. The van der Waals surface area contributed by atoms with Gasteiger partial charge in [-0.25, -0.2) is 0 Å². The molecule has 0 amide bonds. The van der Waals surface area contributed by atoms with Crippen LogP contribution in [0.15, 0.2) is 28.7 Å². The Hall–Kier alpha value is -0.380. The zero-order valence-corrected chi connectivity index (χ0v) is 13.2. The van der Waals surface area contributed by atoms with Crippen molar-refractivity contribution in [2.24, 2.45) is 5.41 Å². The quantitative estimate of drug-likeness (QED) is 0.733. The highest BCUT2D eigenvalue weighted by Gasteiger charge is 2.17. The second-order valence-electron chi connectivity index (χ2n) is 5.46. The Bertz CT molecular complexity index is 335. The molecule has 2 nitrogen and oxygen atoms in total.